The molecule has 0 heterocycles. The molecule has 3 aromatic rings. The summed E-state index contributed by atoms with van der Waals surface area (Å²) in [5, 5.41) is 39.7. The summed E-state index contributed by atoms with van der Waals surface area (Å²) in [7, 11) is 0. The van der Waals surface area contributed by atoms with Crippen molar-refractivity contribution in [1.29, 1.82) is 0 Å². The Balaban J connectivity index is 2.03. The van der Waals surface area contributed by atoms with Gasteiger partial charge in [0.1, 0.15) is 17.1 Å². The fraction of sp³-hybridized carbons (Fsp3) is 0. The van der Waals surface area contributed by atoms with Gasteiger partial charge in [-0.15, -0.1) is 10.2 Å². The number of fused-ring (bicyclic) bond motifs is 1. The minimum absolute atomic E-state index is 0.0729. The third kappa shape index (κ3) is 2.80. The monoisotopic (exact) mass is 324 g/mol. The van der Waals surface area contributed by atoms with E-state index in [9.17, 15) is 20.3 Å². The number of benzene rings is 3. The van der Waals surface area contributed by atoms with Gasteiger partial charge in [-0.05, 0) is 29.7 Å². The van der Waals surface area contributed by atoms with Gasteiger partial charge in [0.15, 0.2) is 5.75 Å². The van der Waals surface area contributed by atoms with Gasteiger partial charge in [-0.25, -0.2) is 0 Å². The summed E-state index contributed by atoms with van der Waals surface area (Å²) in [5.74, 6) is -0.373. The Kier molecular flexibility index (Phi) is 3.70. The number of hydrogen-bond donors (Lipinski definition) is 3. The Labute approximate surface area is 135 Å². The van der Waals surface area contributed by atoms with Crippen molar-refractivity contribution in [3.05, 3.63) is 58.6 Å². The van der Waals surface area contributed by atoms with E-state index in [1.165, 1.54) is 0 Å². The fourth-order valence-electron chi connectivity index (χ4n) is 2.20. The summed E-state index contributed by atoms with van der Waals surface area (Å²) >= 11 is 0. The van der Waals surface area contributed by atoms with Crippen molar-refractivity contribution in [3.63, 3.8) is 0 Å². The molecule has 0 fully saturated rings. The van der Waals surface area contributed by atoms with E-state index in [-0.39, 0.29) is 28.6 Å². The number of phenolic OH excluding ortho intramolecular Hbond substituents is 2. The van der Waals surface area contributed by atoms with Crippen LogP contribution in [0.2, 0.25) is 0 Å². The summed E-state index contributed by atoms with van der Waals surface area (Å²) in [4.78, 5) is 10.2. The second-order valence-electron chi connectivity index (χ2n) is 5.04. The number of hydrogen-bond acceptors (Lipinski definition) is 7. The van der Waals surface area contributed by atoms with Crippen molar-refractivity contribution < 1.29 is 15.1 Å². The lowest BCUT2D eigenvalue weighted by Gasteiger charge is -2.05. The highest BCUT2D eigenvalue weighted by Gasteiger charge is 2.11. The first-order chi connectivity index (χ1) is 11.5. The molecule has 0 amide bonds. The Morgan fingerprint density at radius 2 is 1.67 bits per heavy atom. The molecule has 0 unspecified atom stereocenters. The van der Waals surface area contributed by atoms with Gasteiger partial charge in [-0.1, -0.05) is 12.1 Å². The van der Waals surface area contributed by atoms with E-state index in [1.807, 2.05) is 0 Å². The molecular weight excluding hydrogens is 312 g/mol. The molecule has 0 aliphatic heterocycles. The van der Waals surface area contributed by atoms with Crippen LogP contribution in [0.1, 0.15) is 0 Å². The zero-order valence-corrected chi connectivity index (χ0v) is 12.2. The number of rotatable bonds is 3. The highest BCUT2D eigenvalue weighted by Crippen LogP contribution is 2.38. The van der Waals surface area contributed by atoms with Crippen LogP contribution >= 0.6 is 0 Å². The second kappa shape index (κ2) is 5.84. The Hall–Kier alpha value is -3.68. The number of nitrogens with two attached hydrogens (primary N) is 1. The topological polar surface area (TPSA) is 134 Å². The lowest BCUT2D eigenvalue weighted by Crippen LogP contribution is -1.86. The number of non-ortho nitro benzene ring substituents is 1. The van der Waals surface area contributed by atoms with E-state index < -0.39 is 4.92 Å². The molecule has 0 saturated carbocycles. The SMILES string of the molecule is Nc1ccc2ccc(N=Nc3cc([N+](=O)[O-])ccc3O)c(O)c2c1. The van der Waals surface area contributed by atoms with E-state index in [0.29, 0.717) is 11.1 Å². The van der Waals surface area contributed by atoms with Gasteiger partial charge in [0, 0.05) is 23.2 Å². The Morgan fingerprint density at radius 3 is 2.42 bits per heavy atom. The van der Waals surface area contributed by atoms with Crippen molar-refractivity contribution >= 4 is 33.5 Å². The summed E-state index contributed by atoms with van der Waals surface area (Å²) in [5.41, 5.74) is 6.05. The molecule has 8 heteroatoms. The molecule has 0 atom stereocenters. The third-order valence-corrected chi connectivity index (χ3v) is 3.43. The number of nitrogen functional groups attached to an aromatic ring is 1. The number of nitrogens with zero attached hydrogens (tertiary/aromatic N) is 3. The van der Waals surface area contributed by atoms with Crippen LogP contribution in [0, 0.1) is 10.1 Å². The van der Waals surface area contributed by atoms with E-state index in [0.717, 1.165) is 23.6 Å². The maximum absolute atomic E-state index is 10.8. The average Bonchev–Trinajstić information content (AvgIpc) is 2.56. The Morgan fingerprint density at radius 1 is 0.958 bits per heavy atom. The minimum atomic E-state index is -0.602. The van der Waals surface area contributed by atoms with Crippen LogP contribution in [-0.2, 0) is 0 Å². The maximum Gasteiger partial charge on any atom is 0.271 e. The van der Waals surface area contributed by atoms with Crippen LogP contribution in [0.4, 0.5) is 22.7 Å². The van der Waals surface area contributed by atoms with E-state index in [1.54, 1.807) is 30.3 Å². The van der Waals surface area contributed by atoms with Crippen LogP contribution < -0.4 is 5.73 Å². The van der Waals surface area contributed by atoms with Crippen molar-refractivity contribution in [2.75, 3.05) is 5.73 Å². The zero-order valence-electron chi connectivity index (χ0n) is 12.2. The number of aromatic hydroxyl groups is 2. The summed E-state index contributed by atoms with van der Waals surface area (Å²) in [6, 6.07) is 11.8. The zero-order chi connectivity index (χ0) is 17.3. The summed E-state index contributed by atoms with van der Waals surface area (Å²) < 4.78 is 0. The highest BCUT2D eigenvalue weighted by atomic mass is 16.6. The standard InChI is InChI=1S/C16H12N4O4/c17-10-3-1-9-2-5-13(16(22)12(9)7-10)18-19-14-8-11(20(23)24)4-6-15(14)21/h1-8,21-22H,17H2. The van der Waals surface area contributed by atoms with Gasteiger partial charge in [-0.3, -0.25) is 10.1 Å². The first-order valence-corrected chi connectivity index (χ1v) is 6.86. The molecular formula is C16H12N4O4. The largest absolute Gasteiger partial charge is 0.506 e. The van der Waals surface area contributed by atoms with Crippen molar-refractivity contribution in [2.45, 2.75) is 0 Å². The normalized spacial score (nSPS) is 11.2. The fourth-order valence-corrected chi connectivity index (χ4v) is 2.20. The molecule has 0 aliphatic carbocycles. The van der Waals surface area contributed by atoms with Gasteiger partial charge in [0.05, 0.1) is 4.92 Å². The number of anilines is 1. The minimum Gasteiger partial charge on any atom is -0.506 e. The van der Waals surface area contributed by atoms with Crippen molar-refractivity contribution in [2.24, 2.45) is 10.2 Å². The van der Waals surface area contributed by atoms with E-state index in [2.05, 4.69) is 10.2 Å². The number of nitro groups is 1. The molecule has 8 nitrogen and oxygen atoms in total. The molecule has 4 N–H and O–H groups in total. The molecule has 3 aromatic carbocycles. The molecule has 0 aliphatic rings. The molecule has 0 aromatic heterocycles. The Bertz CT molecular complexity index is 985. The van der Waals surface area contributed by atoms with Gasteiger partial charge in [-0.2, -0.15) is 0 Å². The quantitative estimate of drug-likeness (QED) is 0.288. The van der Waals surface area contributed by atoms with Crippen LogP contribution in [0.5, 0.6) is 11.5 Å². The number of nitro benzene ring substituents is 1. The van der Waals surface area contributed by atoms with Crippen LogP contribution in [0.15, 0.2) is 58.8 Å². The molecule has 3 rings (SSSR count). The molecule has 120 valence electrons. The molecule has 0 radical (unpaired) electrons. The van der Waals surface area contributed by atoms with E-state index in [4.69, 9.17) is 5.73 Å². The third-order valence-electron chi connectivity index (χ3n) is 3.43. The van der Waals surface area contributed by atoms with Gasteiger partial charge in [0.2, 0.25) is 0 Å². The van der Waals surface area contributed by atoms with Crippen LogP contribution in [-0.4, -0.2) is 15.1 Å². The van der Waals surface area contributed by atoms with Crippen molar-refractivity contribution in [3.8, 4) is 11.5 Å². The molecule has 24 heavy (non-hydrogen) atoms. The smallest absolute Gasteiger partial charge is 0.271 e. The van der Waals surface area contributed by atoms with Crippen LogP contribution in [0.25, 0.3) is 10.8 Å². The number of azo groups is 1. The van der Waals surface area contributed by atoms with Gasteiger partial charge >= 0.3 is 0 Å². The highest BCUT2D eigenvalue weighted by molar-refractivity contribution is 5.94. The van der Waals surface area contributed by atoms with Crippen molar-refractivity contribution in [1.82, 2.24) is 0 Å². The predicted octanol–water partition coefficient (Wildman–Crippen LogP) is 4.16. The molecule has 0 saturated heterocycles. The summed E-state index contributed by atoms with van der Waals surface area (Å²) in [6.07, 6.45) is 0. The predicted molar refractivity (Wildman–Crippen MR) is 89.0 cm³/mol. The maximum atomic E-state index is 10.8. The van der Waals surface area contributed by atoms with Gasteiger partial charge in [0.25, 0.3) is 5.69 Å². The molecule has 0 bridgehead atoms. The first kappa shape index (κ1) is 15.2. The molecule has 0 spiro atoms. The lowest BCUT2D eigenvalue weighted by atomic mass is 10.1. The average molecular weight is 324 g/mol. The first-order valence-electron chi connectivity index (χ1n) is 6.86. The van der Waals surface area contributed by atoms with Gasteiger partial charge < -0.3 is 15.9 Å². The van der Waals surface area contributed by atoms with Crippen LogP contribution in [0.3, 0.4) is 0 Å². The lowest BCUT2D eigenvalue weighted by molar-refractivity contribution is -0.384. The van der Waals surface area contributed by atoms with E-state index >= 15 is 0 Å². The second-order valence-corrected chi connectivity index (χ2v) is 5.04. The number of phenols is 2. The summed E-state index contributed by atoms with van der Waals surface area (Å²) in [6.45, 7) is 0.